The van der Waals surface area contributed by atoms with Gasteiger partial charge in [-0.3, -0.25) is 15.6 Å². The summed E-state index contributed by atoms with van der Waals surface area (Å²) in [6.07, 6.45) is 0. The van der Waals surface area contributed by atoms with E-state index in [0.29, 0.717) is 11.5 Å². The maximum Gasteiger partial charge on any atom is 0.261 e. The number of benzene rings is 3. The van der Waals surface area contributed by atoms with E-state index in [4.69, 9.17) is 0 Å². The van der Waals surface area contributed by atoms with E-state index in [1.165, 1.54) is 9.69 Å². The van der Waals surface area contributed by atoms with E-state index in [9.17, 15) is 4.79 Å². The van der Waals surface area contributed by atoms with Crippen molar-refractivity contribution < 1.29 is 4.79 Å². The van der Waals surface area contributed by atoms with Gasteiger partial charge in [0.15, 0.2) is 0 Å². The van der Waals surface area contributed by atoms with Crippen molar-refractivity contribution in [1.29, 1.82) is 0 Å². The summed E-state index contributed by atoms with van der Waals surface area (Å²) < 4.78 is 0. The number of carbonyl (C=O) groups is 1. The van der Waals surface area contributed by atoms with Crippen LogP contribution in [-0.4, -0.2) is 26.1 Å². The van der Waals surface area contributed by atoms with Crippen LogP contribution in [-0.2, 0) is 11.3 Å². The molecule has 0 radical (unpaired) electrons. The molecule has 0 bridgehead atoms. The second-order valence-corrected chi connectivity index (χ2v) is 8.18. The Morgan fingerprint density at radius 3 is 2.62 bits per heavy atom. The number of amides is 1. The first-order valence-corrected chi connectivity index (χ1v) is 10.7. The molecule has 1 aliphatic rings. The third-order valence-corrected chi connectivity index (χ3v) is 5.98. The molecule has 0 atom stereocenters. The molecule has 3 N–H and O–H groups in total. The molecule has 32 heavy (non-hydrogen) atoms. The van der Waals surface area contributed by atoms with Gasteiger partial charge in [-0.1, -0.05) is 66.9 Å². The van der Waals surface area contributed by atoms with Gasteiger partial charge in [0.25, 0.3) is 5.91 Å². The first kappa shape index (κ1) is 19.8. The highest BCUT2D eigenvalue weighted by Crippen LogP contribution is 2.44. The van der Waals surface area contributed by atoms with Crippen LogP contribution in [0.4, 0.5) is 11.4 Å². The summed E-state index contributed by atoms with van der Waals surface area (Å²) in [5.74, 6) is 0.153. The van der Waals surface area contributed by atoms with E-state index >= 15 is 0 Å². The fourth-order valence-electron chi connectivity index (χ4n) is 3.23. The molecule has 158 valence electrons. The molecule has 5 rings (SSSR count). The molecule has 1 aromatic heterocycles. The third-order valence-electron chi connectivity index (χ3n) is 4.83. The lowest BCUT2D eigenvalue weighted by Gasteiger charge is -2.21. The van der Waals surface area contributed by atoms with Crippen molar-refractivity contribution in [3.8, 4) is 11.4 Å². The van der Waals surface area contributed by atoms with Crippen molar-refractivity contribution in [1.82, 2.24) is 31.1 Å². The summed E-state index contributed by atoms with van der Waals surface area (Å²) in [6, 6.07) is 23.7. The second-order valence-electron chi connectivity index (χ2n) is 7.10. The predicted octanol–water partition coefficient (Wildman–Crippen LogP) is 3.84. The van der Waals surface area contributed by atoms with Crippen molar-refractivity contribution in [2.75, 3.05) is 5.32 Å². The normalized spacial score (nSPS) is 11.6. The van der Waals surface area contributed by atoms with E-state index < -0.39 is 0 Å². The minimum absolute atomic E-state index is 0.0702. The summed E-state index contributed by atoms with van der Waals surface area (Å²) in [7, 11) is 0. The number of hydrogen-bond donors (Lipinski definition) is 3. The van der Waals surface area contributed by atoms with E-state index in [1.807, 2.05) is 66.7 Å². The average molecular weight is 442 g/mol. The van der Waals surface area contributed by atoms with Crippen LogP contribution < -0.4 is 16.2 Å². The van der Waals surface area contributed by atoms with Crippen molar-refractivity contribution >= 4 is 34.7 Å². The fraction of sp³-hybridized carbons (Fsp3) is 0.0435. The molecule has 0 saturated carbocycles. The van der Waals surface area contributed by atoms with Crippen molar-refractivity contribution in [3.05, 3.63) is 84.9 Å². The standard InChI is InChI=1S/C23H19N7OS/c1-15(17-11-12-21-19(13-17)24-18-9-5-6-10-20(18)32-21)25-26-22(31)14-30-28-23(27-29-30)16-7-3-2-4-8-16/h2-13,24-25H,1,14H2,(H,26,31). The number of aromatic nitrogens is 4. The van der Waals surface area contributed by atoms with E-state index in [2.05, 4.69) is 44.2 Å². The Kier molecular flexibility index (Phi) is 5.30. The van der Waals surface area contributed by atoms with Gasteiger partial charge in [-0.15, -0.1) is 10.2 Å². The molecular weight excluding hydrogens is 422 g/mol. The largest absolute Gasteiger partial charge is 0.354 e. The van der Waals surface area contributed by atoms with Crippen molar-refractivity contribution in [2.45, 2.75) is 16.3 Å². The van der Waals surface area contributed by atoms with Gasteiger partial charge in [-0.05, 0) is 29.5 Å². The lowest BCUT2D eigenvalue weighted by Crippen LogP contribution is -2.38. The highest BCUT2D eigenvalue weighted by Gasteiger charge is 2.16. The maximum atomic E-state index is 12.3. The van der Waals surface area contributed by atoms with Gasteiger partial charge in [0.1, 0.15) is 6.54 Å². The third kappa shape index (κ3) is 4.19. The molecule has 9 heteroatoms. The quantitative estimate of drug-likeness (QED) is 0.345. The van der Waals surface area contributed by atoms with Gasteiger partial charge in [-0.25, -0.2) is 0 Å². The summed E-state index contributed by atoms with van der Waals surface area (Å²) in [6.45, 7) is 3.96. The van der Waals surface area contributed by atoms with Gasteiger partial charge in [0.05, 0.1) is 17.1 Å². The summed E-state index contributed by atoms with van der Waals surface area (Å²) in [5, 5.41) is 15.6. The SMILES string of the molecule is C=C(NNC(=O)Cn1nnc(-c2ccccc2)n1)c1ccc2c(c1)Nc1ccccc1S2. The van der Waals surface area contributed by atoms with Crippen LogP contribution in [0, 0.1) is 0 Å². The van der Waals surface area contributed by atoms with Gasteiger partial charge in [0, 0.05) is 20.9 Å². The maximum absolute atomic E-state index is 12.3. The first-order chi connectivity index (χ1) is 15.7. The molecule has 0 saturated heterocycles. The van der Waals surface area contributed by atoms with E-state index in [0.717, 1.165) is 27.4 Å². The lowest BCUT2D eigenvalue weighted by molar-refractivity contribution is -0.122. The molecular formula is C23H19N7OS. The molecule has 0 fully saturated rings. The lowest BCUT2D eigenvalue weighted by atomic mass is 10.1. The zero-order chi connectivity index (χ0) is 21.9. The number of nitrogens with one attached hydrogen (secondary N) is 3. The van der Waals surface area contributed by atoms with Crippen molar-refractivity contribution in [3.63, 3.8) is 0 Å². The number of tetrazole rings is 1. The first-order valence-electron chi connectivity index (χ1n) is 9.91. The van der Waals surface area contributed by atoms with Gasteiger partial charge in [-0.2, -0.15) is 4.80 Å². The zero-order valence-corrected chi connectivity index (χ0v) is 17.8. The summed E-state index contributed by atoms with van der Waals surface area (Å²) >= 11 is 1.72. The van der Waals surface area contributed by atoms with E-state index in [1.54, 1.807) is 11.8 Å². The number of hydrogen-bond acceptors (Lipinski definition) is 7. The minimum atomic E-state index is -0.316. The molecule has 0 unspecified atom stereocenters. The Morgan fingerprint density at radius 2 is 1.75 bits per heavy atom. The molecule has 2 heterocycles. The molecule has 0 spiro atoms. The number of rotatable bonds is 6. The highest BCUT2D eigenvalue weighted by atomic mass is 32.2. The average Bonchev–Trinajstić information content (AvgIpc) is 3.29. The number of carbonyl (C=O) groups excluding carboxylic acids is 1. The molecule has 1 aliphatic heterocycles. The minimum Gasteiger partial charge on any atom is -0.354 e. The van der Waals surface area contributed by atoms with Crippen LogP contribution in [0.1, 0.15) is 5.56 Å². The molecule has 1 amide bonds. The second kappa shape index (κ2) is 8.56. The fourth-order valence-corrected chi connectivity index (χ4v) is 4.19. The van der Waals surface area contributed by atoms with Crippen LogP contribution in [0.5, 0.6) is 0 Å². The Morgan fingerprint density at radius 1 is 0.969 bits per heavy atom. The van der Waals surface area contributed by atoms with Crippen LogP contribution in [0.2, 0.25) is 0 Å². The van der Waals surface area contributed by atoms with Gasteiger partial charge in [0.2, 0.25) is 5.82 Å². The smallest absolute Gasteiger partial charge is 0.261 e. The van der Waals surface area contributed by atoms with Gasteiger partial charge >= 0.3 is 0 Å². The molecule has 0 aliphatic carbocycles. The van der Waals surface area contributed by atoms with Gasteiger partial charge < -0.3 is 5.32 Å². The number of nitrogens with zero attached hydrogens (tertiary/aromatic N) is 4. The Labute approximate surface area is 188 Å². The number of hydrazine groups is 1. The Balaban J connectivity index is 1.18. The van der Waals surface area contributed by atoms with Crippen molar-refractivity contribution in [2.24, 2.45) is 0 Å². The number of fused-ring (bicyclic) bond motifs is 2. The predicted molar refractivity (Wildman–Crippen MR) is 124 cm³/mol. The molecule has 4 aromatic rings. The highest BCUT2D eigenvalue weighted by molar-refractivity contribution is 7.99. The number of para-hydroxylation sites is 1. The summed E-state index contributed by atoms with van der Waals surface area (Å²) in [5.41, 5.74) is 9.85. The summed E-state index contributed by atoms with van der Waals surface area (Å²) in [4.78, 5) is 15.9. The molecule has 8 nitrogen and oxygen atoms in total. The number of anilines is 2. The topological polar surface area (TPSA) is 96.8 Å². The van der Waals surface area contributed by atoms with E-state index in [-0.39, 0.29) is 12.5 Å². The van der Waals surface area contributed by atoms with Crippen LogP contribution in [0.15, 0.2) is 89.2 Å². The Bertz CT molecular complexity index is 1300. The molecule has 3 aromatic carbocycles. The van der Waals surface area contributed by atoms with Crippen LogP contribution >= 0.6 is 11.8 Å². The monoisotopic (exact) mass is 441 g/mol. The van der Waals surface area contributed by atoms with Crippen LogP contribution in [0.25, 0.3) is 17.1 Å². The Hall–Kier alpha value is -4.11. The zero-order valence-electron chi connectivity index (χ0n) is 16.9. The van der Waals surface area contributed by atoms with Crippen LogP contribution in [0.3, 0.4) is 0 Å².